The second-order valence-electron chi connectivity index (χ2n) is 4.10. The van der Waals surface area contributed by atoms with Gasteiger partial charge in [-0.15, -0.1) is 10.2 Å². The van der Waals surface area contributed by atoms with Crippen molar-refractivity contribution in [1.82, 2.24) is 14.6 Å². The quantitative estimate of drug-likeness (QED) is 0.814. The van der Waals surface area contributed by atoms with Gasteiger partial charge in [0, 0.05) is 11.9 Å². The number of halogens is 2. The molecular formula is C11H11Cl2N3O2S. The van der Waals surface area contributed by atoms with Crippen molar-refractivity contribution < 1.29 is 9.47 Å². The van der Waals surface area contributed by atoms with Crippen LogP contribution in [0.2, 0.25) is 10.0 Å². The molecule has 0 aliphatic carbocycles. The van der Waals surface area contributed by atoms with E-state index in [-0.39, 0.29) is 6.10 Å². The maximum absolute atomic E-state index is 6.07. The van der Waals surface area contributed by atoms with E-state index in [0.29, 0.717) is 22.5 Å². The second kappa shape index (κ2) is 5.85. The Morgan fingerprint density at radius 1 is 1.42 bits per heavy atom. The molecule has 3 rings (SSSR count). The highest BCUT2D eigenvalue weighted by atomic mass is 35.5. The van der Waals surface area contributed by atoms with Crippen molar-refractivity contribution in [2.24, 2.45) is 0 Å². The topological polar surface area (TPSA) is 48.7 Å². The van der Waals surface area contributed by atoms with E-state index in [1.54, 1.807) is 28.4 Å². The zero-order valence-corrected chi connectivity index (χ0v) is 12.2. The molecule has 0 spiro atoms. The van der Waals surface area contributed by atoms with Gasteiger partial charge in [0.15, 0.2) is 10.8 Å². The number of ether oxygens (including phenoxy) is 2. The standard InChI is InChI=1S/C11H11Cl2N3O2S/c12-7-3-9(13)10-14-15-11(16(10)4-7)19-5-8-1-2-17-6-18-8/h3-4,8H,1-2,5-6H2/t8-/m1/s1. The molecule has 1 saturated heterocycles. The highest BCUT2D eigenvalue weighted by molar-refractivity contribution is 7.99. The maximum Gasteiger partial charge on any atom is 0.195 e. The average Bonchev–Trinajstić information content (AvgIpc) is 2.81. The largest absolute Gasteiger partial charge is 0.355 e. The fraction of sp³-hybridized carbons (Fsp3) is 0.455. The molecule has 102 valence electrons. The highest BCUT2D eigenvalue weighted by Gasteiger charge is 2.17. The number of hydrogen-bond acceptors (Lipinski definition) is 5. The van der Waals surface area contributed by atoms with E-state index in [4.69, 9.17) is 32.7 Å². The molecule has 0 saturated carbocycles. The SMILES string of the molecule is Clc1cc(Cl)c2nnc(SC[C@H]3CCOCO3)n2c1. The lowest BCUT2D eigenvalue weighted by Gasteiger charge is -2.21. The van der Waals surface area contributed by atoms with Gasteiger partial charge in [0.2, 0.25) is 0 Å². The summed E-state index contributed by atoms with van der Waals surface area (Å²) >= 11 is 13.6. The first-order valence-corrected chi connectivity index (χ1v) is 7.50. The van der Waals surface area contributed by atoms with Gasteiger partial charge in [0.25, 0.3) is 0 Å². The Kier molecular flexibility index (Phi) is 4.14. The van der Waals surface area contributed by atoms with Gasteiger partial charge in [-0.1, -0.05) is 35.0 Å². The predicted octanol–water partition coefficient (Wildman–Crippen LogP) is 2.89. The second-order valence-corrected chi connectivity index (χ2v) is 5.93. The molecule has 0 amide bonds. The number of aromatic nitrogens is 3. The van der Waals surface area contributed by atoms with Crippen molar-refractivity contribution >= 4 is 40.6 Å². The highest BCUT2D eigenvalue weighted by Crippen LogP contribution is 2.26. The lowest BCUT2D eigenvalue weighted by atomic mass is 10.3. The predicted molar refractivity (Wildman–Crippen MR) is 74.0 cm³/mol. The normalized spacial score (nSPS) is 20.0. The van der Waals surface area contributed by atoms with E-state index in [1.165, 1.54) is 0 Å². The van der Waals surface area contributed by atoms with Gasteiger partial charge in [-0.3, -0.25) is 4.40 Å². The monoisotopic (exact) mass is 319 g/mol. The van der Waals surface area contributed by atoms with E-state index in [0.717, 1.165) is 23.9 Å². The van der Waals surface area contributed by atoms with Crippen LogP contribution >= 0.6 is 35.0 Å². The van der Waals surface area contributed by atoms with Crippen molar-refractivity contribution in [1.29, 1.82) is 0 Å². The van der Waals surface area contributed by atoms with Crippen LogP contribution in [0, 0.1) is 0 Å². The first-order chi connectivity index (χ1) is 9.24. The number of thioether (sulfide) groups is 1. The Morgan fingerprint density at radius 2 is 2.32 bits per heavy atom. The first-order valence-electron chi connectivity index (χ1n) is 5.76. The summed E-state index contributed by atoms with van der Waals surface area (Å²) in [7, 11) is 0. The zero-order chi connectivity index (χ0) is 13.2. The van der Waals surface area contributed by atoms with Crippen molar-refractivity contribution in [3.63, 3.8) is 0 Å². The number of fused-ring (bicyclic) bond motifs is 1. The summed E-state index contributed by atoms with van der Waals surface area (Å²) in [4.78, 5) is 0. The third-order valence-corrected chi connectivity index (χ3v) is 4.32. The summed E-state index contributed by atoms with van der Waals surface area (Å²) in [6.45, 7) is 1.10. The Morgan fingerprint density at radius 3 is 3.11 bits per heavy atom. The molecule has 0 unspecified atom stereocenters. The van der Waals surface area contributed by atoms with Crippen LogP contribution in [0.5, 0.6) is 0 Å². The van der Waals surface area contributed by atoms with Gasteiger partial charge in [-0.2, -0.15) is 0 Å². The van der Waals surface area contributed by atoms with Crippen molar-refractivity contribution in [3.05, 3.63) is 22.3 Å². The summed E-state index contributed by atoms with van der Waals surface area (Å²) in [5.74, 6) is 0.800. The Labute approximate surface area is 124 Å². The third kappa shape index (κ3) is 2.98. The number of pyridine rings is 1. The number of rotatable bonds is 3. The maximum atomic E-state index is 6.07. The summed E-state index contributed by atoms with van der Waals surface area (Å²) in [5, 5.41) is 10.00. The molecule has 2 aromatic rings. The molecule has 2 aromatic heterocycles. The Hall–Kier alpha value is -0.530. The van der Waals surface area contributed by atoms with Crippen molar-refractivity contribution in [2.75, 3.05) is 19.2 Å². The summed E-state index contributed by atoms with van der Waals surface area (Å²) in [6, 6.07) is 1.66. The van der Waals surface area contributed by atoms with Crippen LogP contribution in [0.3, 0.4) is 0 Å². The summed E-state index contributed by atoms with van der Waals surface area (Å²) < 4.78 is 12.4. The van der Waals surface area contributed by atoms with E-state index in [2.05, 4.69) is 10.2 Å². The smallest absolute Gasteiger partial charge is 0.195 e. The molecule has 0 bridgehead atoms. The van der Waals surface area contributed by atoms with Crippen LogP contribution in [0.25, 0.3) is 5.65 Å². The molecular weight excluding hydrogens is 309 g/mol. The number of hydrogen-bond donors (Lipinski definition) is 0. The molecule has 3 heterocycles. The van der Waals surface area contributed by atoms with Gasteiger partial charge < -0.3 is 9.47 Å². The molecule has 1 fully saturated rings. The molecule has 19 heavy (non-hydrogen) atoms. The van der Waals surface area contributed by atoms with Crippen molar-refractivity contribution in [2.45, 2.75) is 17.7 Å². The van der Waals surface area contributed by atoms with Crippen LogP contribution in [0.4, 0.5) is 0 Å². The van der Waals surface area contributed by atoms with Crippen LogP contribution in [0.1, 0.15) is 6.42 Å². The van der Waals surface area contributed by atoms with Gasteiger partial charge in [0.1, 0.15) is 6.79 Å². The molecule has 8 heteroatoms. The van der Waals surface area contributed by atoms with Gasteiger partial charge in [-0.25, -0.2) is 0 Å². The average molecular weight is 320 g/mol. The lowest BCUT2D eigenvalue weighted by Crippen LogP contribution is -2.25. The molecule has 0 aromatic carbocycles. The molecule has 0 N–H and O–H groups in total. The molecule has 1 aliphatic rings. The minimum atomic E-state index is 0.181. The number of nitrogens with zero attached hydrogens (tertiary/aromatic N) is 3. The lowest BCUT2D eigenvalue weighted by molar-refractivity contribution is -0.130. The third-order valence-electron chi connectivity index (χ3n) is 2.76. The van der Waals surface area contributed by atoms with Crippen LogP contribution < -0.4 is 0 Å². The summed E-state index contributed by atoms with van der Waals surface area (Å²) in [6.07, 6.45) is 2.84. The zero-order valence-electron chi connectivity index (χ0n) is 9.88. The van der Waals surface area contributed by atoms with E-state index in [1.807, 2.05) is 0 Å². The van der Waals surface area contributed by atoms with Crippen LogP contribution in [-0.2, 0) is 9.47 Å². The Balaban J connectivity index is 1.77. The first kappa shape index (κ1) is 13.5. The van der Waals surface area contributed by atoms with Crippen molar-refractivity contribution in [3.8, 4) is 0 Å². The minimum absolute atomic E-state index is 0.181. The van der Waals surface area contributed by atoms with E-state index >= 15 is 0 Å². The molecule has 5 nitrogen and oxygen atoms in total. The van der Waals surface area contributed by atoms with E-state index < -0.39 is 0 Å². The molecule has 1 atom stereocenters. The van der Waals surface area contributed by atoms with Gasteiger partial charge in [0.05, 0.1) is 22.8 Å². The molecule has 0 radical (unpaired) electrons. The minimum Gasteiger partial charge on any atom is -0.355 e. The van der Waals surface area contributed by atoms with E-state index in [9.17, 15) is 0 Å². The fourth-order valence-corrected chi connectivity index (χ4v) is 3.28. The Bertz CT molecular complexity index is 587. The molecule has 1 aliphatic heterocycles. The fourth-order valence-electron chi connectivity index (χ4n) is 1.80. The van der Waals surface area contributed by atoms with Gasteiger partial charge in [-0.05, 0) is 12.5 Å². The van der Waals surface area contributed by atoms with Gasteiger partial charge >= 0.3 is 0 Å². The van der Waals surface area contributed by atoms with Crippen LogP contribution in [0.15, 0.2) is 17.4 Å². The summed E-state index contributed by atoms with van der Waals surface area (Å²) in [5.41, 5.74) is 0.612. The van der Waals surface area contributed by atoms with Crippen LogP contribution in [-0.4, -0.2) is 39.9 Å².